The first-order chi connectivity index (χ1) is 7.24. The molecule has 74 valence electrons. The third-order valence-electron chi connectivity index (χ3n) is 2.62. The Morgan fingerprint density at radius 1 is 1.13 bits per heavy atom. The van der Waals surface area contributed by atoms with Crippen LogP contribution in [0.3, 0.4) is 0 Å². The highest BCUT2D eigenvalue weighted by Crippen LogP contribution is 2.27. The number of hydrogen-bond donors (Lipinski definition) is 1. The molecule has 0 spiro atoms. The van der Waals surface area contributed by atoms with Crippen molar-refractivity contribution in [2.24, 2.45) is 0 Å². The Bertz CT molecular complexity index is 572. The van der Waals surface area contributed by atoms with Crippen molar-refractivity contribution in [1.29, 1.82) is 0 Å². The average Bonchev–Trinajstić information content (AvgIpc) is 2.57. The van der Waals surface area contributed by atoms with Gasteiger partial charge >= 0.3 is 5.97 Å². The maximum absolute atomic E-state index is 11.3. The van der Waals surface area contributed by atoms with Crippen molar-refractivity contribution in [3.8, 4) is 5.75 Å². The fourth-order valence-electron chi connectivity index (χ4n) is 1.86. The lowest BCUT2D eigenvalue weighted by atomic mass is 10.0. The van der Waals surface area contributed by atoms with Gasteiger partial charge in [0.15, 0.2) is 0 Å². The molecule has 2 aromatic rings. The molecule has 15 heavy (non-hydrogen) atoms. The van der Waals surface area contributed by atoms with Crippen molar-refractivity contribution in [3.05, 3.63) is 41.5 Å². The number of carbonyl (C=O) groups excluding carboxylic acids is 1. The number of esters is 1. The van der Waals surface area contributed by atoms with Crippen LogP contribution in [0, 0.1) is 0 Å². The van der Waals surface area contributed by atoms with Gasteiger partial charge in [0.1, 0.15) is 12.4 Å². The standard InChI is InChI=1S/C12H8O3/c13-10-2-1-7-5-11-9(3-8(7)4-10)6-15-12(11)14/h1-5,13H,6H2. The summed E-state index contributed by atoms with van der Waals surface area (Å²) in [6.07, 6.45) is 0. The van der Waals surface area contributed by atoms with E-state index in [4.69, 9.17) is 4.74 Å². The summed E-state index contributed by atoms with van der Waals surface area (Å²) in [5.74, 6) is -0.0346. The van der Waals surface area contributed by atoms with E-state index in [9.17, 15) is 9.90 Å². The van der Waals surface area contributed by atoms with Gasteiger partial charge in [-0.05, 0) is 35.0 Å². The van der Waals surface area contributed by atoms with Crippen molar-refractivity contribution < 1.29 is 14.6 Å². The highest BCUT2D eigenvalue weighted by molar-refractivity contribution is 5.99. The molecule has 0 amide bonds. The molecule has 0 saturated heterocycles. The molecule has 2 aromatic carbocycles. The average molecular weight is 200 g/mol. The molecule has 0 aromatic heterocycles. The molecular weight excluding hydrogens is 192 g/mol. The van der Waals surface area contributed by atoms with Crippen LogP contribution in [0.1, 0.15) is 15.9 Å². The number of phenolic OH excluding ortho intramolecular Hbond substituents is 1. The maximum Gasteiger partial charge on any atom is 0.338 e. The van der Waals surface area contributed by atoms with E-state index in [1.165, 1.54) is 0 Å². The van der Waals surface area contributed by atoms with E-state index in [0.717, 1.165) is 16.3 Å². The molecule has 0 bridgehead atoms. The Morgan fingerprint density at radius 2 is 2.00 bits per heavy atom. The fourth-order valence-corrected chi connectivity index (χ4v) is 1.86. The van der Waals surface area contributed by atoms with Crippen molar-refractivity contribution in [1.82, 2.24) is 0 Å². The summed E-state index contributed by atoms with van der Waals surface area (Å²) in [4.78, 5) is 11.3. The van der Waals surface area contributed by atoms with Gasteiger partial charge in [0, 0.05) is 5.56 Å². The quantitative estimate of drug-likeness (QED) is 0.663. The smallest absolute Gasteiger partial charge is 0.338 e. The van der Waals surface area contributed by atoms with Crippen LogP contribution in [0.4, 0.5) is 0 Å². The Labute approximate surface area is 85.9 Å². The summed E-state index contributed by atoms with van der Waals surface area (Å²) in [6, 6.07) is 8.76. The summed E-state index contributed by atoms with van der Waals surface area (Å²) in [7, 11) is 0. The Balaban J connectivity index is 2.35. The van der Waals surface area contributed by atoms with Crippen LogP contribution in [0.25, 0.3) is 10.8 Å². The van der Waals surface area contributed by atoms with Crippen LogP contribution in [0.2, 0.25) is 0 Å². The molecule has 3 heteroatoms. The Morgan fingerprint density at radius 3 is 2.87 bits per heavy atom. The zero-order valence-corrected chi connectivity index (χ0v) is 7.86. The minimum Gasteiger partial charge on any atom is -0.508 e. The van der Waals surface area contributed by atoms with Crippen molar-refractivity contribution in [2.75, 3.05) is 0 Å². The van der Waals surface area contributed by atoms with Crippen LogP contribution < -0.4 is 0 Å². The van der Waals surface area contributed by atoms with Gasteiger partial charge in [0.2, 0.25) is 0 Å². The molecule has 1 aliphatic heterocycles. The van der Waals surface area contributed by atoms with Crippen molar-refractivity contribution >= 4 is 16.7 Å². The lowest BCUT2D eigenvalue weighted by Gasteiger charge is -2.00. The highest BCUT2D eigenvalue weighted by Gasteiger charge is 2.21. The molecule has 1 heterocycles. The normalized spacial score (nSPS) is 14.0. The lowest BCUT2D eigenvalue weighted by Crippen LogP contribution is -1.93. The zero-order valence-electron chi connectivity index (χ0n) is 7.86. The summed E-state index contributed by atoms with van der Waals surface area (Å²) >= 11 is 0. The molecule has 1 N–H and O–H groups in total. The Hall–Kier alpha value is -2.03. The maximum atomic E-state index is 11.3. The predicted molar refractivity (Wildman–Crippen MR) is 54.7 cm³/mol. The van der Waals surface area contributed by atoms with Gasteiger partial charge in [-0.15, -0.1) is 0 Å². The number of rotatable bonds is 0. The number of phenols is 1. The molecule has 0 unspecified atom stereocenters. The second kappa shape index (κ2) is 2.73. The minimum absolute atomic E-state index is 0.229. The molecule has 0 aliphatic carbocycles. The largest absolute Gasteiger partial charge is 0.508 e. The van der Waals surface area contributed by atoms with Gasteiger partial charge in [0.05, 0.1) is 5.56 Å². The third kappa shape index (κ3) is 1.16. The molecule has 3 rings (SSSR count). The van der Waals surface area contributed by atoms with E-state index in [1.54, 1.807) is 24.3 Å². The van der Waals surface area contributed by atoms with E-state index < -0.39 is 0 Å². The molecular formula is C12H8O3. The van der Waals surface area contributed by atoms with Gasteiger partial charge in [0.25, 0.3) is 0 Å². The molecule has 0 fully saturated rings. The van der Waals surface area contributed by atoms with Gasteiger partial charge in [-0.25, -0.2) is 4.79 Å². The summed E-state index contributed by atoms with van der Waals surface area (Å²) in [6.45, 7) is 0.333. The van der Waals surface area contributed by atoms with Crippen molar-refractivity contribution in [2.45, 2.75) is 6.61 Å². The molecule has 1 aliphatic rings. The first-order valence-electron chi connectivity index (χ1n) is 4.67. The van der Waals surface area contributed by atoms with E-state index >= 15 is 0 Å². The van der Waals surface area contributed by atoms with E-state index in [1.807, 2.05) is 6.07 Å². The zero-order chi connectivity index (χ0) is 10.4. The number of hydrogen-bond acceptors (Lipinski definition) is 3. The summed E-state index contributed by atoms with van der Waals surface area (Å²) < 4.78 is 4.92. The third-order valence-corrected chi connectivity index (χ3v) is 2.62. The number of ether oxygens (including phenoxy) is 1. The van der Waals surface area contributed by atoms with Crippen LogP contribution in [-0.2, 0) is 11.3 Å². The highest BCUT2D eigenvalue weighted by atomic mass is 16.5. The second-order valence-electron chi connectivity index (χ2n) is 3.62. The topological polar surface area (TPSA) is 46.5 Å². The van der Waals surface area contributed by atoms with Crippen LogP contribution in [0.5, 0.6) is 5.75 Å². The summed E-state index contributed by atoms with van der Waals surface area (Å²) in [5, 5.41) is 11.2. The molecule has 0 radical (unpaired) electrons. The number of benzene rings is 2. The van der Waals surface area contributed by atoms with Gasteiger partial charge in [-0.2, -0.15) is 0 Å². The number of fused-ring (bicyclic) bond motifs is 2. The number of aromatic hydroxyl groups is 1. The monoisotopic (exact) mass is 200 g/mol. The number of carbonyl (C=O) groups is 1. The SMILES string of the molecule is O=C1OCc2cc3cc(O)ccc3cc21. The number of cyclic esters (lactones) is 1. The second-order valence-corrected chi connectivity index (χ2v) is 3.62. The predicted octanol–water partition coefficient (Wildman–Crippen LogP) is 2.22. The fraction of sp³-hybridized carbons (Fsp3) is 0.0833. The molecule has 3 nitrogen and oxygen atoms in total. The minimum atomic E-state index is -0.264. The van der Waals surface area contributed by atoms with Crippen molar-refractivity contribution in [3.63, 3.8) is 0 Å². The molecule has 0 atom stereocenters. The lowest BCUT2D eigenvalue weighted by molar-refractivity contribution is 0.0535. The first kappa shape index (κ1) is 8.29. The Kier molecular flexibility index (Phi) is 1.51. The summed E-state index contributed by atoms with van der Waals surface area (Å²) in [5.41, 5.74) is 1.52. The van der Waals surface area contributed by atoms with Crippen LogP contribution >= 0.6 is 0 Å². The van der Waals surface area contributed by atoms with E-state index in [-0.39, 0.29) is 11.7 Å². The molecule has 0 saturated carbocycles. The van der Waals surface area contributed by atoms with E-state index in [0.29, 0.717) is 12.2 Å². The van der Waals surface area contributed by atoms with E-state index in [2.05, 4.69) is 0 Å². The first-order valence-corrected chi connectivity index (χ1v) is 4.67. The van der Waals surface area contributed by atoms with Gasteiger partial charge in [-0.1, -0.05) is 6.07 Å². The van der Waals surface area contributed by atoms with Gasteiger partial charge < -0.3 is 9.84 Å². The van der Waals surface area contributed by atoms with Crippen LogP contribution in [0.15, 0.2) is 30.3 Å². The van der Waals surface area contributed by atoms with Crippen LogP contribution in [-0.4, -0.2) is 11.1 Å². The van der Waals surface area contributed by atoms with Gasteiger partial charge in [-0.3, -0.25) is 0 Å².